The van der Waals surface area contributed by atoms with Crippen molar-refractivity contribution in [3.63, 3.8) is 0 Å². The van der Waals surface area contributed by atoms with Crippen molar-refractivity contribution in [3.05, 3.63) is 42.4 Å². The van der Waals surface area contributed by atoms with E-state index in [0.717, 1.165) is 6.20 Å². The minimum Gasteiger partial charge on any atom is -0.389 e. The third kappa shape index (κ3) is 5.92. The van der Waals surface area contributed by atoms with Crippen LogP contribution in [0.15, 0.2) is 30.9 Å². The number of carbonyl (C=O) groups is 1. The number of nitrogens with zero attached hydrogens (tertiary/aromatic N) is 5. The van der Waals surface area contributed by atoms with Crippen molar-refractivity contribution < 1.29 is 23.1 Å². The van der Waals surface area contributed by atoms with E-state index in [9.17, 15) is 23.1 Å². The predicted octanol–water partition coefficient (Wildman–Crippen LogP) is 1.62. The van der Waals surface area contributed by atoms with E-state index in [1.165, 1.54) is 23.1 Å². The molecule has 35 heavy (non-hydrogen) atoms. The zero-order valence-electron chi connectivity index (χ0n) is 19.1. The SMILES string of the molecule is CC(C)(O)Cn1cc(-c2cc(-c3cnc(N)c(C(=O)NC4CNCC(F)(F)C4)n3)c(F)cn2)cn1. The molecular weight excluding hydrogens is 465 g/mol. The molecule has 4 rings (SSSR count). The molecule has 13 heteroatoms. The van der Waals surface area contributed by atoms with Gasteiger partial charge in [0, 0.05) is 36.3 Å². The van der Waals surface area contributed by atoms with Crippen LogP contribution in [0.5, 0.6) is 0 Å². The molecule has 0 aliphatic carbocycles. The van der Waals surface area contributed by atoms with Crippen molar-refractivity contribution in [3.8, 4) is 22.5 Å². The van der Waals surface area contributed by atoms with Crippen LogP contribution in [0.4, 0.5) is 19.0 Å². The maximum atomic E-state index is 14.7. The number of anilines is 1. The van der Waals surface area contributed by atoms with Crippen LogP contribution < -0.4 is 16.4 Å². The Hall–Kier alpha value is -3.58. The quantitative estimate of drug-likeness (QED) is 0.408. The molecule has 1 aliphatic heterocycles. The Morgan fingerprint density at radius 2 is 2.09 bits per heavy atom. The predicted molar refractivity (Wildman–Crippen MR) is 121 cm³/mol. The number of carbonyl (C=O) groups excluding carboxylic acids is 1. The average Bonchev–Trinajstić information content (AvgIpc) is 3.20. The topological polar surface area (TPSA) is 144 Å². The highest BCUT2D eigenvalue weighted by molar-refractivity contribution is 5.97. The average molecular weight is 490 g/mol. The van der Waals surface area contributed by atoms with Crippen LogP contribution in [-0.2, 0) is 6.54 Å². The normalized spacial score (nSPS) is 17.8. The van der Waals surface area contributed by atoms with Crippen molar-refractivity contribution in [2.24, 2.45) is 0 Å². The highest BCUT2D eigenvalue weighted by atomic mass is 19.3. The van der Waals surface area contributed by atoms with Gasteiger partial charge < -0.3 is 21.5 Å². The summed E-state index contributed by atoms with van der Waals surface area (Å²) < 4.78 is 43.5. The molecule has 0 saturated carbocycles. The zero-order chi connectivity index (χ0) is 25.4. The van der Waals surface area contributed by atoms with Crippen molar-refractivity contribution in [1.82, 2.24) is 35.4 Å². The second kappa shape index (κ2) is 9.23. The van der Waals surface area contributed by atoms with Gasteiger partial charge in [-0.15, -0.1) is 0 Å². The molecule has 1 amide bonds. The number of amides is 1. The number of halogens is 3. The first-order chi connectivity index (χ1) is 16.4. The fourth-order valence-electron chi connectivity index (χ4n) is 3.76. The highest BCUT2D eigenvalue weighted by Crippen LogP contribution is 2.27. The first-order valence-electron chi connectivity index (χ1n) is 10.8. The van der Waals surface area contributed by atoms with Crippen LogP contribution in [0.25, 0.3) is 22.5 Å². The summed E-state index contributed by atoms with van der Waals surface area (Å²) in [4.78, 5) is 24.9. The number of aliphatic hydroxyl groups is 1. The maximum Gasteiger partial charge on any atom is 0.274 e. The van der Waals surface area contributed by atoms with Crippen LogP contribution in [-0.4, -0.2) is 66.4 Å². The van der Waals surface area contributed by atoms with E-state index in [-0.39, 0.29) is 35.9 Å². The molecule has 1 atom stereocenters. The molecule has 0 spiro atoms. The van der Waals surface area contributed by atoms with Gasteiger partial charge in [-0.2, -0.15) is 5.10 Å². The van der Waals surface area contributed by atoms with E-state index in [1.54, 1.807) is 20.0 Å². The third-order valence-electron chi connectivity index (χ3n) is 5.28. The molecule has 4 heterocycles. The van der Waals surface area contributed by atoms with Gasteiger partial charge in [0.2, 0.25) is 0 Å². The molecule has 0 radical (unpaired) electrons. The van der Waals surface area contributed by atoms with Gasteiger partial charge in [0.15, 0.2) is 17.3 Å². The largest absolute Gasteiger partial charge is 0.389 e. The fraction of sp³-hybridized carbons (Fsp3) is 0.409. The lowest BCUT2D eigenvalue weighted by Gasteiger charge is -2.30. The van der Waals surface area contributed by atoms with Gasteiger partial charge in [-0.05, 0) is 19.9 Å². The lowest BCUT2D eigenvalue weighted by Crippen LogP contribution is -2.53. The van der Waals surface area contributed by atoms with Crippen LogP contribution in [0, 0.1) is 5.82 Å². The van der Waals surface area contributed by atoms with E-state index in [2.05, 4.69) is 30.7 Å². The molecule has 1 fully saturated rings. The van der Waals surface area contributed by atoms with Crippen molar-refractivity contribution in [1.29, 1.82) is 0 Å². The second-order valence-corrected chi connectivity index (χ2v) is 9.14. The maximum absolute atomic E-state index is 14.7. The van der Waals surface area contributed by atoms with Crippen LogP contribution in [0.2, 0.25) is 0 Å². The molecule has 1 unspecified atom stereocenters. The zero-order valence-corrected chi connectivity index (χ0v) is 19.1. The van der Waals surface area contributed by atoms with Gasteiger partial charge in [-0.25, -0.2) is 23.1 Å². The number of pyridine rings is 1. The molecule has 1 aliphatic rings. The summed E-state index contributed by atoms with van der Waals surface area (Å²) in [5, 5.41) is 19.2. The second-order valence-electron chi connectivity index (χ2n) is 9.14. The molecule has 0 bridgehead atoms. The number of aromatic nitrogens is 5. The summed E-state index contributed by atoms with van der Waals surface area (Å²) in [6, 6.07) is 0.592. The molecule has 5 N–H and O–H groups in total. The van der Waals surface area contributed by atoms with Gasteiger partial charge in [-0.3, -0.25) is 14.5 Å². The monoisotopic (exact) mass is 490 g/mol. The molecule has 10 nitrogen and oxygen atoms in total. The summed E-state index contributed by atoms with van der Waals surface area (Å²) in [6.07, 6.45) is 4.87. The number of nitrogen functional groups attached to an aromatic ring is 1. The van der Waals surface area contributed by atoms with Gasteiger partial charge in [0.05, 0.1) is 48.7 Å². The first-order valence-corrected chi connectivity index (χ1v) is 10.8. The van der Waals surface area contributed by atoms with E-state index < -0.39 is 42.3 Å². The van der Waals surface area contributed by atoms with Crippen molar-refractivity contribution >= 4 is 11.7 Å². The summed E-state index contributed by atoms with van der Waals surface area (Å²) in [5.74, 6) is -4.67. The number of alkyl halides is 2. The van der Waals surface area contributed by atoms with Gasteiger partial charge in [0.25, 0.3) is 11.8 Å². The lowest BCUT2D eigenvalue weighted by molar-refractivity contribution is -0.0301. The van der Waals surface area contributed by atoms with E-state index >= 15 is 0 Å². The minimum absolute atomic E-state index is 0.0117. The molecule has 0 aromatic carbocycles. The number of nitrogens with one attached hydrogen (secondary N) is 2. The Kier molecular flexibility index (Phi) is 6.47. The molecule has 3 aromatic heterocycles. The smallest absolute Gasteiger partial charge is 0.274 e. The standard InChI is InChI=1S/C22H25F3N8O2/c1-21(2,35)11-33-9-12(5-30-33)16-3-14(15(23)7-28-16)17-8-29-19(26)18(32-17)20(34)31-13-4-22(24,25)10-27-6-13/h3,5,7-9,13,27,35H,4,6,10-11H2,1-2H3,(H2,26,29)(H,31,34). The van der Waals surface area contributed by atoms with Crippen molar-refractivity contribution in [2.75, 3.05) is 18.8 Å². The Bertz CT molecular complexity index is 1240. The molecular formula is C22H25F3N8O2. The lowest BCUT2D eigenvalue weighted by atomic mass is 10.0. The summed E-state index contributed by atoms with van der Waals surface area (Å²) in [6.45, 7) is 3.24. The van der Waals surface area contributed by atoms with Crippen molar-refractivity contribution in [2.45, 2.75) is 44.4 Å². The molecule has 186 valence electrons. The highest BCUT2D eigenvalue weighted by Gasteiger charge is 2.37. The number of hydrogen-bond acceptors (Lipinski definition) is 8. The Morgan fingerprint density at radius 1 is 1.31 bits per heavy atom. The van der Waals surface area contributed by atoms with Crippen LogP contribution in [0.3, 0.4) is 0 Å². The summed E-state index contributed by atoms with van der Waals surface area (Å²) in [5.41, 5.74) is 5.50. The molecule has 3 aromatic rings. The minimum atomic E-state index is -2.95. The summed E-state index contributed by atoms with van der Waals surface area (Å²) >= 11 is 0. The van der Waals surface area contributed by atoms with E-state index in [4.69, 9.17) is 5.73 Å². The molecule has 1 saturated heterocycles. The number of nitrogens with two attached hydrogens (primary N) is 1. The number of hydrogen-bond donors (Lipinski definition) is 4. The van der Waals surface area contributed by atoms with E-state index in [0.29, 0.717) is 11.3 Å². The Labute approximate surface area is 198 Å². The Morgan fingerprint density at radius 3 is 2.80 bits per heavy atom. The van der Waals surface area contributed by atoms with E-state index in [1.807, 2.05) is 0 Å². The van der Waals surface area contributed by atoms with Gasteiger partial charge in [-0.1, -0.05) is 0 Å². The third-order valence-corrected chi connectivity index (χ3v) is 5.28. The van der Waals surface area contributed by atoms with Crippen LogP contribution in [0.1, 0.15) is 30.8 Å². The van der Waals surface area contributed by atoms with Crippen LogP contribution >= 0.6 is 0 Å². The summed E-state index contributed by atoms with van der Waals surface area (Å²) in [7, 11) is 0. The first kappa shape index (κ1) is 24.5. The Balaban J connectivity index is 1.60. The van der Waals surface area contributed by atoms with Gasteiger partial charge >= 0.3 is 0 Å². The number of piperidine rings is 1. The number of rotatable bonds is 6. The fourth-order valence-corrected chi connectivity index (χ4v) is 3.76. The van der Waals surface area contributed by atoms with Gasteiger partial charge in [0.1, 0.15) is 0 Å².